The maximum Gasteiger partial charge on any atom is 0.234 e. The summed E-state index contributed by atoms with van der Waals surface area (Å²) in [7, 11) is 0. The molecule has 0 bridgehead atoms. The Morgan fingerprint density at radius 2 is 2.25 bits per heavy atom. The number of aromatic nitrogens is 3. The molecule has 0 spiro atoms. The Bertz CT molecular complexity index is 614. The van der Waals surface area contributed by atoms with Gasteiger partial charge in [0, 0.05) is 12.7 Å². The molecule has 0 aliphatic carbocycles. The number of aryl methyl sites for hydroxylation is 2. The summed E-state index contributed by atoms with van der Waals surface area (Å²) in [5.74, 6) is 1.33. The molecule has 106 valence electrons. The molecule has 3 heterocycles. The molecular weight excluding hydrogens is 252 g/mol. The van der Waals surface area contributed by atoms with E-state index >= 15 is 0 Å². The van der Waals surface area contributed by atoms with E-state index in [0.29, 0.717) is 5.82 Å². The lowest BCUT2D eigenvalue weighted by Gasteiger charge is -2.20. The van der Waals surface area contributed by atoms with Crippen LogP contribution in [0, 0.1) is 13.8 Å². The van der Waals surface area contributed by atoms with Gasteiger partial charge in [0.2, 0.25) is 11.7 Å². The Hall–Kier alpha value is -1.75. The highest BCUT2D eigenvalue weighted by molar-refractivity contribution is 5.54. The smallest absolute Gasteiger partial charge is 0.234 e. The number of nitrogens with one attached hydrogen (secondary N) is 1. The maximum atomic E-state index is 5.54. The molecule has 1 fully saturated rings. The SMILES string of the molecule is CCC1(c2nc(-c3ncc(C)cc3C)no2)CCNC1. The molecule has 0 amide bonds. The van der Waals surface area contributed by atoms with Crippen molar-refractivity contribution >= 4 is 0 Å². The summed E-state index contributed by atoms with van der Waals surface area (Å²) in [5.41, 5.74) is 3.01. The second-order valence-electron chi connectivity index (χ2n) is 5.66. The Kier molecular flexibility index (Phi) is 3.30. The lowest BCUT2D eigenvalue weighted by Crippen LogP contribution is -2.28. The Labute approximate surface area is 118 Å². The predicted molar refractivity (Wildman–Crippen MR) is 76.5 cm³/mol. The van der Waals surface area contributed by atoms with E-state index in [0.717, 1.165) is 48.6 Å². The second kappa shape index (κ2) is 4.98. The van der Waals surface area contributed by atoms with E-state index < -0.39 is 0 Å². The van der Waals surface area contributed by atoms with Crippen molar-refractivity contribution in [1.82, 2.24) is 20.4 Å². The third kappa shape index (κ3) is 2.12. The van der Waals surface area contributed by atoms with Crippen molar-refractivity contribution in [3.8, 4) is 11.5 Å². The van der Waals surface area contributed by atoms with Gasteiger partial charge in [-0.25, -0.2) is 0 Å². The van der Waals surface area contributed by atoms with Crippen LogP contribution in [0.3, 0.4) is 0 Å². The van der Waals surface area contributed by atoms with Crippen LogP contribution in [-0.2, 0) is 5.41 Å². The van der Waals surface area contributed by atoms with Gasteiger partial charge in [-0.1, -0.05) is 18.1 Å². The van der Waals surface area contributed by atoms with Gasteiger partial charge in [-0.3, -0.25) is 4.98 Å². The zero-order valence-electron chi connectivity index (χ0n) is 12.2. The fourth-order valence-corrected chi connectivity index (χ4v) is 2.86. The minimum atomic E-state index is -0.0101. The van der Waals surface area contributed by atoms with Gasteiger partial charge < -0.3 is 9.84 Å². The van der Waals surface area contributed by atoms with Crippen LogP contribution in [0.15, 0.2) is 16.8 Å². The largest absolute Gasteiger partial charge is 0.338 e. The molecule has 5 heteroatoms. The number of pyridine rings is 1. The van der Waals surface area contributed by atoms with Crippen molar-refractivity contribution < 1.29 is 4.52 Å². The van der Waals surface area contributed by atoms with Gasteiger partial charge in [-0.05, 0) is 44.4 Å². The molecule has 5 nitrogen and oxygen atoms in total. The van der Waals surface area contributed by atoms with E-state index in [1.807, 2.05) is 20.0 Å². The zero-order valence-corrected chi connectivity index (χ0v) is 12.2. The van der Waals surface area contributed by atoms with E-state index in [-0.39, 0.29) is 5.41 Å². The molecule has 2 aromatic rings. The molecule has 1 saturated heterocycles. The van der Waals surface area contributed by atoms with Crippen LogP contribution in [0.25, 0.3) is 11.5 Å². The summed E-state index contributed by atoms with van der Waals surface area (Å²) in [6, 6.07) is 2.09. The Morgan fingerprint density at radius 3 is 2.90 bits per heavy atom. The average molecular weight is 272 g/mol. The van der Waals surface area contributed by atoms with Gasteiger partial charge >= 0.3 is 0 Å². The summed E-state index contributed by atoms with van der Waals surface area (Å²) >= 11 is 0. The first-order valence-corrected chi connectivity index (χ1v) is 7.13. The fraction of sp³-hybridized carbons (Fsp3) is 0.533. The quantitative estimate of drug-likeness (QED) is 0.929. The third-order valence-corrected chi connectivity index (χ3v) is 4.23. The Morgan fingerprint density at radius 1 is 1.40 bits per heavy atom. The number of rotatable bonds is 3. The van der Waals surface area contributed by atoms with Crippen molar-refractivity contribution in [3.05, 3.63) is 29.3 Å². The van der Waals surface area contributed by atoms with Crippen LogP contribution in [0.5, 0.6) is 0 Å². The van der Waals surface area contributed by atoms with Gasteiger partial charge in [-0.15, -0.1) is 0 Å². The molecule has 0 saturated carbocycles. The highest BCUT2D eigenvalue weighted by atomic mass is 16.5. The molecule has 3 rings (SSSR count). The first-order chi connectivity index (χ1) is 9.64. The lowest BCUT2D eigenvalue weighted by atomic mass is 9.84. The highest BCUT2D eigenvalue weighted by Crippen LogP contribution is 2.34. The Balaban J connectivity index is 1.97. The van der Waals surface area contributed by atoms with Crippen LogP contribution in [-0.4, -0.2) is 28.2 Å². The summed E-state index contributed by atoms with van der Waals surface area (Å²) in [5, 5.41) is 7.53. The molecule has 1 aliphatic heterocycles. The van der Waals surface area contributed by atoms with Gasteiger partial charge in [0.05, 0.1) is 5.41 Å². The van der Waals surface area contributed by atoms with Gasteiger partial charge in [0.1, 0.15) is 5.69 Å². The van der Waals surface area contributed by atoms with Crippen molar-refractivity contribution in [2.75, 3.05) is 13.1 Å². The van der Waals surface area contributed by atoms with E-state index in [1.54, 1.807) is 0 Å². The summed E-state index contributed by atoms with van der Waals surface area (Å²) < 4.78 is 5.54. The second-order valence-corrected chi connectivity index (χ2v) is 5.66. The molecule has 1 atom stereocenters. The maximum absolute atomic E-state index is 5.54. The molecule has 2 aromatic heterocycles. The predicted octanol–water partition coefficient (Wildman–Crippen LogP) is 2.39. The van der Waals surface area contributed by atoms with E-state index in [9.17, 15) is 0 Å². The van der Waals surface area contributed by atoms with Gasteiger partial charge in [-0.2, -0.15) is 4.98 Å². The molecule has 1 aliphatic rings. The number of hydrogen-bond acceptors (Lipinski definition) is 5. The van der Waals surface area contributed by atoms with Crippen LogP contribution in [0.2, 0.25) is 0 Å². The molecule has 1 unspecified atom stereocenters. The minimum absolute atomic E-state index is 0.0101. The van der Waals surface area contributed by atoms with E-state index in [2.05, 4.69) is 33.4 Å². The van der Waals surface area contributed by atoms with Crippen molar-refractivity contribution in [3.63, 3.8) is 0 Å². The first-order valence-electron chi connectivity index (χ1n) is 7.13. The highest BCUT2D eigenvalue weighted by Gasteiger charge is 2.39. The zero-order chi connectivity index (χ0) is 14.2. The third-order valence-electron chi connectivity index (χ3n) is 4.23. The molecule has 20 heavy (non-hydrogen) atoms. The van der Waals surface area contributed by atoms with Crippen LogP contribution >= 0.6 is 0 Å². The average Bonchev–Trinajstić information content (AvgIpc) is 3.08. The van der Waals surface area contributed by atoms with Crippen molar-refractivity contribution in [1.29, 1.82) is 0 Å². The molecule has 0 radical (unpaired) electrons. The number of nitrogens with zero attached hydrogens (tertiary/aromatic N) is 3. The molecule has 0 aromatic carbocycles. The van der Waals surface area contributed by atoms with E-state index in [1.165, 1.54) is 0 Å². The fourth-order valence-electron chi connectivity index (χ4n) is 2.86. The minimum Gasteiger partial charge on any atom is -0.338 e. The van der Waals surface area contributed by atoms with E-state index in [4.69, 9.17) is 4.52 Å². The normalized spacial score (nSPS) is 22.4. The summed E-state index contributed by atoms with van der Waals surface area (Å²) in [6.07, 6.45) is 3.89. The van der Waals surface area contributed by atoms with Gasteiger partial charge in [0.15, 0.2) is 0 Å². The molecule has 1 N–H and O–H groups in total. The van der Waals surface area contributed by atoms with Crippen LogP contribution in [0.1, 0.15) is 36.8 Å². The summed E-state index contributed by atoms with van der Waals surface area (Å²) in [6.45, 7) is 8.14. The summed E-state index contributed by atoms with van der Waals surface area (Å²) in [4.78, 5) is 9.05. The van der Waals surface area contributed by atoms with Crippen LogP contribution < -0.4 is 5.32 Å². The van der Waals surface area contributed by atoms with Crippen LogP contribution in [0.4, 0.5) is 0 Å². The van der Waals surface area contributed by atoms with Gasteiger partial charge in [0.25, 0.3) is 0 Å². The van der Waals surface area contributed by atoms with Crippen molar-refractivity contribution in [2.45, 2.75) is 39.0 Å². The number of hydrogen-bond donors (Lipinski definition) is 1. The first kappa shape index (κ1) is 13.2. The van der Waals surface area contributed by atoms with Crippen molar-refractivity contribution in [2.24, 2.45) is 0 Å². The standard InChI is InChI=1S/C15H20N4O/c1-4-15(5-6-16-9-15)14-18-13(19-20-14)12-11(3)7-10(2)8-17-12/h7-8,16H,4-6,9H2,1-3H3. The monoisotopic (exact) mass is 272 g/mol. The lowest BCUT2D eigenvalue weighted by molar-refractivity contribution is 0.285. The molecular formula is C15H20N4O. The topological polar surface area (TPSA) is 63.8 Å².